The Morgan fingerprint density at radius 1 is 1.00 bits per heavy atom. The molecular formula is C19H26N2. The monoisotopic (exact) mass is 282 g/mol. The van der Waals surface area contributed by atoms with Crippen molar-refractivity contribution in [1.82, 2.24) is 10.3 Å². The van der Waals surface area contributed by atoms with Crippen LogP contribution in [-0.4, -0.2) is 11.5 Å². The van der Waals surface area contributed by atoms with E-state index in [2.05, 4.69) is 67.5 Å². The molecule has 3 unspecified atom stereocenters. The average molecular weight is 282 g/mol. The van der Waals surface area contributed by atoms with Crippen molar-refractivity contribution in [3.8, 4) is 0 Å². The largest absolute Gasteiger partial charge is 0.310 e. The second-order valence-corrected chi connectivity index (χ2v) is 5.64. The lowest BCUT2D eigenvalue weighted by molar-refractivity contribution is 0.343. The molecule has 0 saturated heterocycles. The van der Waals surface area contributed by atoms with E-state index in [0.717, 1.165) is 6.54 Å². The first-order chi connectivity index (χ1) is 10.3. The van der Waals surface area contributed by atoms with Gasteiger partial charge in [-0.25, -0.2) is 0 Å². The number of likely N-dealkylation sites (N-methyl/N-ethyl adjacent to an activating group) is 1. The maximum atomic E-state index is 4.31. The highest BCUT2D eigenvalue weighted by Crippen LogP contribution is 2.38. The van der Waals surface area contributed by atoms with E-state index < -0.39 is 0 Å². The van der Waals surface area contributed by atoms with Crippen LogP contribution in [-0.2, 0) is 0 Å². The number of benzene rings is 1. The first-order valence-corrected chi connectivity index (χ1v) is 7.96. The molecule has 0 bridgehead atoms. The Morgan fingerprint density at radius 3 is 2.29 bits per heavy atom. The second-order valence-electron chi connectivity index (χ2n) is 5.64. The van der Waals surface area contributed by atoms with E-state index in [9.17, 15) is 0 Å². The van der Waals surface area contributed by atoms with Crippen molar-refractivity contribution in [1.29, 1.82) is 0 Å². The maximum absolute atomic E-state index is 4.31. The third-order valence-corrected chi connectivity index (χ3v) is 4.27. The van der Waals surface area contributed by atoms with E-state index in [4.69, 9.17) is 0 Å². The zero-order chi connectivity index (χ0) is 15.1. The molecular weight excluding hydrogens is 256 g/mol. The smallest absolute Gasteiger partial charge is 0.0407 e. The van der Waals surface area contributed by atoms with Gasteiger partial charge in [-0.05, 0) is 29.7 Å². The average Bonchev–Trinajstić information content (AvgIpc) is 2.56. The predicted molar refractivity (Wildman–Crippen MR) is 89.3 cm³/mol. The van der Waals surface area contributed by atoms with Crippen LogP contribution in [0.2, 0.25) is 0 Å². The number of hydrogen-bond donors (Lipinski definition) is 1. The van der Waals surface area contributed by atoms with Crippen LogP contribution in [0.3, 0.4) is 0 Å². The molecule has 2 aromatic rings. The van der Waals surface area contributed by atoms with Gasteiger partial charge in [0.05, 0.1) is 0 Å². The van der Waals surface area contributed by atoms with E-state index in [1.165, 1.54) is 17.5 Å². The number of hydrogen-bond acceptors (Lipinski definition) is 2. The highest BCUT2D eigenvalue weighted by atomic mass is 14.9. The number of aromatic nitrogens is 1. The highest BCUT2D eigenvalue weighted by molar-refractivity contribution is 5.27. The fourth-order valence-corrected chi connectivity index (χ4v) is 3.01. The summed E-state index contributed by atoms with van der Waals surface area (Å²) in [7, 11) is 0. The van der Waals surface area contributed by atoms with Gasteiger partial charge in [0.2, 0.25) is 0 Å². The summed E-state index contributed by atoms with van der Waals surface area (Å²) >= 11 is 0. The van der Waals surface area contributed by atoms with E-state index in [-0.39, 0.29) is 0 Å². The molecule has 2 nitrogen and oxygen atoms in total. The molecule has 112 valence electrons. The van der Waals surface area contributed by atoms with Gasteiger partial charge in [0.1, 0.15) is 0 Å². The first-order valence-electron chi connectivity index (χ1n) is 7.96. The van der Waals surface area contributed by atoms with Crippen molar-refractivity contribution in [3.63, 3.8) is 0 Å². The number of nitrogens with one attached hydrogen (secondary N) is 1. The van der Waals surface area contributed by atoms with E-state index >= 15 is 0 Å². The van der Waals surface area contributed by atoms with Crippen molar-refractivity contribution in [2.24, 2.45) is 5.92 Å². The molecule has 0 spiro atoms. The van der Waals surface area contributed by atoms with E-state index in [0.29, 0.717) is 17.9 Å². The molecule has 1 aromatic carbocycles. The number of nitrogens with zero attached hydrogens (tertiary/aromatic N) is 1. The molecule has 0 radical (unpaired) electrons. The molecule has 3 atom stereocenters. The van der Waals surface area contributed by atoms with Crippen LogP contribution in [0.25, 0.3) is 0 Å². The zero-order valence-electron chi connectivity index (χ0n) is 13.3. The molecule has 2 heteroatoms. The summed E-state index contributed by atoms with van der Waals surface area (Å²) < 4.78 is 0. The normalized spacial score (nSPS) is 15.4. The lowest BCUT2D eigenvalue weighted by Gasteiger charge is -2.33. The lowest BCUT2D eigenvalue weighted by Crippen LogP contribution is -2.30. The van der Waals surface area contributed by atoms with Gasteiger partial charge in [0, 0.05) is 24.4 Å². The van der Waals surface area contributed by atoms with Gasteiger partial charge in [0.25, 0.3) is 0 Å². The van der Waals surface area contributed by atoms with Crippen LogP contribution in [0.1, 0.15) is 50.3 Å². The van der Waals surface area contributed by atoms with Gasteiger partial charge in [0.15, 0.2) is 0 Å². The summed E-state index contributed by atoms with van der Waals surface area (Å²) in [6.45, 7) is 7.74. The van der Waals surface area contributed by atoms with Crippen molar-refractivity contribution in [2.45, 2.75) is 39.2 Å². The van der Waals surface area contributed by atoms with Crippen LogP contribution in [0.4, 0.5) is 0 Å². The number of rotatable bonds is 7. The summed E-state index contributed by atoms with van der Waals surface area (Å²) in [4.78, 5) is 4.31. The van der Waals surface area contributed by atoms with Gasteiger partial charge in [-0.1, -0.05) is 63.6 Å². The topological polar surface area (TPSA) is 24.9 Å². The van der Waals surface area contributed by atoms with E-state index in [1.807, 2.05) is 18.5 Å². The third-order valence-electron chi connectivity index (χ3n) is 4.27. The fraction of sp³-hybridized carbons (Fsp3) is 0.421. The summed E-state index contributed by atoms with van der Waals surface area (Å²) in [5.41, 5.74) is 2.68. The van der Waals surface area contributed by atoms with Crippen molar-refractivity contribution in [3.05, 3.63) is 66.0 Å². The molecule has 0 aliphatic rings. The Hall–Kier alpha value is -1.67. The van der Waals surface area contributed by atoms with Gasteiger partial charge in [-0.3, -0.25) is 4.98 Å². The van der Waals surface area contributed by atoms with Crippen LogP contribution in [0.5, 0.6) is 0 Å². The Labute approximate surface area is 128 Å². The molecule has 0 fully saturated rings. The SMILES string of the molecule is CCNC(c1cccnc1)C(c1ccccc1)C(C)CC. The van der Waals surface area contributed by atoms with Crippen LogP contribution >= 0.6 is 0 Å². The number of pyridine rings is 1. The zero-order valence-corrected chi connectivity index (χ0v) is 13.3. The molecule has 0 aliphatic heterocycles. The molecule has 1 aromatic heterocycles. The Morgan fingerprint density at radius 2 is 1.71 bits per heavy atom. The molecule has 0 amide bonds. The summed E-state index contributed by atoms with van der Waals surface area (Å²) in [6.07, 6.45) is 5.00. The van der Waals surface area contributed by atoms with Gasteiger partial charge < -0.3 is 5.32 Å². The molecule has 2 rings (SSSR count). The molecule has 0 saturated carbocycles. The first kappa shape index (κ1) is 15.7. The molecule has 1 heterocycles. The van der Waals surface area contributed by atoms with Crippen LogP contribution < -0.4 is 5.32 Å². The second kappa shape index (κ2) is 7.94. The summed E-state index contributed by atoms with van der Waals surface area (Å²) in [5.74, 6) is 1.07. The van der Waals surface area contributed by atoms with Crippen molar-refractivity contribution >= 4 is 0 Å². The van der Waals surface area contributed by atoms with E-state index in [1.54, 1.807) is 0 Å². The standard InChI is InChI=1S/C19H26N2/c1-4-15(3)18(16-10-7-6-8-11-16)19(21-5-2)17-12-9-13-20-14-17/h6-15,18-19,21H,4-5H2,1-3H3. The van der Waals surface area contributed by atoms with Crippen LogP contribution in [0, 0.1) is 5.92 Å². The third kappa shape index (κ3) is 3.92. The van der Waals surface area contributed by atoms with Gasteiger partial charge in [-0.15, -0.1) is 0 Å². The molecule has 0 aliphatic carbocycles. The minimum atomic E-state index is 0.307. The molecule has 1 N–H and O–H groups in total. The van der Waals surface area contributed by atoms with Gasteiger partial charge in [-0.2, -0.15) is 0 Å². The van der Waals surface area contributed by atoms with Crippen molar-refractivity contribution < 1.29 is 0 Å². The Bertz CT molecular complexity index is 510. The fourth-order valence-electron chi connectivity index (χ4n) is 3.01. The maximum Gasteiger partial charge on any atom is 0.0407 e. The van der Waals surface area contributed by atoms with Gasteiger partial charge >= 0.3 is 0 Å². The Kier molecular flexibility index (Phi) is 5.94. The minimum absolute atomic E-state index is 0.307. The Balaban J connectivity index is 2.41. The van der Waals surface area contributed by atoms with Crippen LogP contribution in [0.15, 0.2) is 54.9 Å². The molecule has 21 heavy (non-hydrogen) atoms. The van der Waals surface area contributed by atoms with Crippen molar-refractivity contribution in [2.75, 3.05) is 6.54 Å². The summed E-state index contributed by atoms with van der Waals surface area (Å²) in [6, 6.07) is 15.4. The highest BCUT2D eigenvalue weighted by Gasteiger charge is 2.28. The lowest BCUT2D eigenvalue weighted by atomic mass is 9.78. The minimum Gasteiger partial charge on any atom is -0.310 e. The quantitative estimate of drug-likeness (QED) is 0.805. The predicted octanol–water partition coefficient (Wildman–Crippen LogP) is 4.56. The summed E-state index contributed by atoms with van der Waals surface area (Å²) in [5, 5.41) is 3.67.